The van der Waals surface area contributed by atoms with Crippen LogP contribution in [0.5, 0.6) is 0 Å². The quantitative estimate of drug-likeness (QED) is 0.471. The molecule has 3 N–H and O–H groups in total. The Morgan fingerprint density at radius 1 is 1.05 bits per heavy atom. The van der Waals surface area contributed by atoms with Gasteiger partial charge in [-0.15, -0.1) is 0 Å². The van der Waals surface area contributed by atoms with Crippen LogP contribution >= 0.6 is 0 Å². The first-order valence-corrected chi connectivity index (χ1v) is 14.6. The van der Waals surface area contributed by atoms with Crippen molar-refractivity contribution >= 4 is 33.2 Å². The molecule has 37 heavy (non-hydrogen) atoms. The molecule has 1 amide bonds. The third kappa shape index (κ3) is 5.87. The predicted molar refractivity (Wildman–Crippen MR) is 142 cm³/mol. The Morgan fingerprint density at radius 2 is 1.76 bits per heavy atom. The van der Waals surface area contributed by atoms with E-state index in [9.17, 15) is 18.3 Å². The first-order valence-electron chi connectivity index (χ1n) is 12.9. The molecule has 1 saturated heterocycles. The van der Waals surface area contributed by atoms with Crippen LogP contribution in [0.15, 0.2) is 29.4 Å². The van der Waals surface area contributed by atoms with Gasteiger partial charge in [-0.3, -0.25) is 4.79 Å². The van der Waals surface area contributed by atoms with Crippen LogP contribution in [-0.4, -0.2) is 65.4 Å². The average molecular weight is 529 g/mol. The maximum Gasteiger partial charge on any atom is 0.279 e. The lowest BCUT2D eigenvalue weighted by Gasteiger charge is -2.33. The Hall–Kier alpha value is -2.79. The summed E-state index contributed by atoms with van der Waals surface area (Å²) in [5, 5.41) is 15.7. The summed E-state index contributed by atoms with van der Waals surface area (Å²) in [5.41, 5.74) is -0.169. The van der Waals surface area contributed by atoms with Gasteiger partial charge in [-0.25, -0.2) is 23.4 Å². The van der Waals surface area contributed by atoms with Crippen molar-refractivity contribution in [1.82, 2.24) is 15.0 Å². The predicted octanol–water partition coefficient (Wildman–Crippen LogP) is 3.26. The normalized spacial score (nSPS) is 19.9. The van der Waals surface area contributed by atoms with Gasteiger partial charge in [0, 0.05) is 13.1 Å². The molecule has 3 aliphatic rings. The van der Waals surface area contributed by atoms with Gasteiger partial charge in [0.2, 0.25) is 0 Å². The van der Waals surface area contributed by atoms with E-state index < -0.39 is 21.2 Å². The SMILES string of the molecule is CC(C)(C)CS(=O)(=O)c1cccc(NC(=O)c2ncc(NC3(CO)CC3)nc2N2CCC3(CC2)CC3)n1. The van der Waals surface area contributed by atoms with Crippen molar-refractivity contribution in [2.75, 3.05) is 41.0 Å². The van der Waals surface area contributed by atoms with Gasteiger partial charge >= 0.3 is 0 Å². The molecule has 2 aromatic rings. The number of nitrogens with zero attached hydrogens (tertiary/aromatic N) is 4. The average Bonchev–Trinajstić information content (AvgIpc) is 3.77. The molecule has 10 nitrogen and oxygen atoms in total. The molecule has 0 atom stereocenters. The molecule has 5 rings (SSSR count). The highest BCUT2D eigenvalue weighted by Gasteiger charge is 2.45. The smallest absolute Gasteiger partial charge is 0.279 e. The first kappa shape index (κ1) is 25.8. The number of anilines is 3. The highest BCUT2D eigenvalue weighted by atomic mass is 32.2. The summed E-state index contributed by atoms with van der Waals surface area (Å²) in [5.74, 6) is 0.603. The molecule has 0 aromatic carbocycles. The van der Waals surface area contributed by atoms with Gasteiger partial charge in [0.15, 0.2) is 26.4 Å². The fourth-order valence-electron chi connectivity index (χ4n) is 4.91. The summed E-state index contributed by atoms with van der Waals surface area (Å²) in [6.45, 7) is 7.16. The van der Waals surface area contributed by atoms with Crippen molar-refractivity contribution in [3.63, 3.8) is 0 Å². The molecule has 0 unspecified atom stereocenters. The van der Waals surface area contributed by atoms with Crippen LogP contribution in [0.4, 0.5) is 17.5 Å². The zero-order valence-corrected chi connectivity index (χ0v) is 22.6. The Morgan fingerprint density at radius 3 is 2.35 bits per heavy atom. The lowest BCUT2D eigenvalue weighted by molar-refractivity contribution is 0.102. The van der Waals surface area contributed by atoms with Gasteiger partial charge in [0.05, 0.1) is 24.1 Å². The standard InChI is InChI=1S/C26H36N6O4S/c1-24(2,3)17-37(35,36)20-6-4-5-18(28-20)30-23(34)21-22(32-13-11-25(7-8-25)12-14-32)29-19(15-27-21)31-26(16-33)9-10-26/h4-6,15,33H,7-14,16-17H2,1-3H3,(H,29,31)(H,28,30,34). The van der Waals surface area contributed by atoms with Crippen LogP contribution in [0.3, 0.4) is 0 Å². The van der Waals surface area contributed by atoms with Crippen LogP contribution in [0.2, 0.25) is 0 Å². The maximum absolute atomic E-state index is 13.4. The number of nitrogens with one attached hydrogen (secondary N) is 2. The number of hydrogen-bond donors (Lipinski definition) is 3. The van der Waals surface area contributed by atoms with Gasteiger partial charge < -0.3 is 20.6 Å². The summed E-state index contributed by atoms with van der Waals surface area (Å²) in [6, 6.07) is 4.58. The second-order valence-electron chi connectivity index (χ2n) is 12.1. The topological polar surface area (TPSA) is 137 Å². The molecular formula is C26H36N6O4S. The largest absolute Gasteiger partial charge is 0.394 e. The van der Waals surface area contributed by atoms with Crippen molar-refractivity contribution < 1.29 is 18.3 Å². The second-order valence-corrected chi connectivity index (χ2v) is 14.0. The van der Waals surface area contributed by atoms with Crippen molar-refractivity contribution in [1.29, 1.82) is 0 Å². The molecule has 1 spiro atoms. The molecule has 3 fully saturated rings. The number of aliphatic hydroxyl groups excluding tert-OH is 1. The third-order valence-corrected chi connectivity index (χ3v) is 9.62. The zero-order chi connectivity index (χ0) is 26.5. The van der Waals surface area contributed by atoms with Crippen LogP contribution in [0.1, 0.15) is 69.8 Å². The minimum Gasteiger partial charge on any atom is -0.394 e. The highest BCUT2D eigenvalue weighted by molar-refractivity contribution is 7.91. The van der Waals surface area contributed by atoms with E-state index in [1.54, 1.807) is 12.1 Å². The zero-order valence-electron chi connectivity index (χ0n) is 21.7. The molecule has 2 aliphatic carbocycles. The van der Waals surface area contributed by atoms with Gasteiger partial charge in [0.25, 0.3) is 5.91 Å². The van der Waals surface area contributed by atoms with Crippen molar-refractivity contribution in [3.8, 4) is 0 Å². The van der Waals surface area contributed by atoms with E-state index in [4.69, 9.17) is 4.98 Å². The highest BCUT2D eigenvalue weighted by Crippen LogP contribution is 2.54. The van der Waals surface area contributed by atoms with Gasteiger partial charge in [0.1, 0.15) is 11.6 Å². The number of carbonyl (C=O) groups is 1. The number of piperidine rings is 1. The summed E-state index contributed by atoms with van der Waals surface area (Å²) < 4.78 is 25.7. The molecule has 2 aromatic heterocycles. The Bertz CT molecular complexity index is 1290. The summed E-state index contributed by atoms with van der Waals surface area (Å²) >= 11 is 0. The van der Waals surface area contributed by atoms with Crippen LogP contribution in [0.25, 0.3) is 0 Å². The Kier molecular flexibility index (Phi) is 6.42. The van der Waals surface area contributed by atoms with E-state index in [0.717, 1.165) is 38.8 Å². The summed E-state index contributed by atoms with van der Waals surface area (Å²) in [4.78, 5) is 28.9. The van der Waals surface area contributed by atoms with E-state index in [2.05, 4.69) is 25.5 Å². The van der Waals surface area contributed by atoms with E-state index in [-0.39, 0.29) is 34.4 Å². The molecule has 2 saturated carbocycles. The van der Waals surface area contributed by atoms with Crippen molar-refractivity contribution in [3.05, 3.63) is 30.1 Å². The summed E-state index contributed by atoms with van der Waals surface area (Å²) in [7, 11) is -3.62. The monoisotopic (exact) mass is 528 g/mol. The van der Waals surface area contributed by atoms with Gasteiger partial charge in [-0.05, 0) is 61.5 Å². The molecule has 3 heterocycles. The molecule has 11 heteroatoms. The first-order chi connectivity index (χ1) is 17.4. The number of rotatable bonds is 8. The van der Waals surface area contributed by atoms with Gasteiger partial charge in [-0.2, -0.15) is 0 Å². The number of carbonyl (C=O) groups excluding carboxylic acids is 1. The molecule has 0 radical (unpaired) electrons. The second kappa shape index (κ2) is 9.20. The number of amides is 1. The molecule has 0 bridgehead atoms. The number of aliphatic hydroxyl groups is 1. The lowest BCUT2D eigenvalue weighted by atomic mass is 9.93. The van der Waals surface area contributed by atoms with E-state index in [0.29, 0.717) is 17.1 Å². The number of hydrogen-bond acceptors (Lipinski definition) is 9. The fraction of sp³-hybridized carbons (Fsp3) is 0.615. The Labute approximate surface area is 218 Å². The Balaban J connectivity index is 1.39. The minimum absolute atomic E-state index is 0.0125. The fourth-order valence-corrected chi connectivity index (χ4v) is 6.72. The number of pyridine rings is 1. The van der Waals surface area contributed by atoms with E-state index in [1.807, 2.05) is 20.8 Å². The van der Waals surface area contributed by atoms with Crippen LogP contribution in [-0.2, 0) is 9.84 Å². The number of sulfone groups is 1. The van der Waals surface area contributed by atoms with Crippen LogP contribution in [0, 0.1) is 10.8 Å². The molecule has 1 aliphatic heterocycles. The third-order valence-electron chi connectivity index (χ3n) is 7.51. The minimum atomic E-state index is -3.62. The van der Waals surface area contributed by atoms with E-state index in [1.165, 1.54) is 25.1 Å². The van der Waals surface area contributed by atoms with Crippen molar-refractivity contribution in [2.24, 2.45) is 10.8 Å². The molecular weight excluding hydrogens is 492 g/mol. The molecule has 200 valence electrons. The maximum atomic E-state index is 13.4. The summed E-state index contributed by atoms with van der Waals surface area (Å²) in [6.07, 6.45) is 7.87. The number of aromatic nitrogens is 3. The lowest BCUT2D eigenvalue weighted by Crippen LogP contribution is -2.37. The van der Waals surface area contributed by atoms with Gasteiger partial charge in [-0.1, -0.05) is 26.8 Å². The van der Waals surface area contributed by atoms with E-state index >= 15 is 0 Å². The van der Waals surface area contributed by atoms with Crippen molar-refractivity contribution in [2.45, 2.75) is 69.9 Å². The van der Waals surface area contributed by atoms with Crippen LogP contribution < -0.4 is 15.5 Å².